The molecule has 32 heavy (non-hydrogen) atoms. The van der Waals surface area contributed by atoms with Crippen LogP contribution in [0.1, 0.15) is 16.7 Å². The first kappa shape index (κ1) is 22.9. The Kier molecular flexibility index (Phi) is 6.69. The Balaban J connectivity index is 1.73. The van der Waals surface area contributed by atoms with E-state index in [0.717, 1.165) is 22.0 Å². The molecule has 7 nitrogen and oxygen atoms in total. The van der Waals surface area contributed by atoms with Crippen molar-refractivity contribution in [1.82, 2.24) is 9.29 Å². The third-order valence-corrected chi connectivity index (χ3v) is 7.70. The number of pyridine rings is 1. The number of fused-ring (bicyclic) bond motifs is 1. The van der Waals surface area contributed by atoms with E-state index in [2.05, 4.69) is 4.98 Å². The number of hydrogen-bond donors (Lipinski definition) is 1. The molecular weight excluding hydrogens is 452 g/mol. The van der Waals surface area contributed by atoms with Gasteiger partial charge in [0.2, 0.25) is 10.0 Å². The summed E-state index contributed by atoms with van der Waals surface area (Å²) in [5, 5.41) is 1.29. The minimum atomic E-state index is -3.91. The van der Waals surface area contributed by atoms with Gasteiger partial charge in [-0.1, -0.05) is 11.6 Å². The van der Waals surface area contributed by atoms with Crippen molar-refractivity contribution in [1.29, 1.82) is 0 Å². The third-order valence-electron chi connectivity index (χ3n) is 5.63. The lowest BCUT2D eigenvalue weighted by Gasteiger charge is -2.29. The maximum Gasteiger partial charge on any atom is 0.252 e. The van der Waals surface area contributed by atoms with Crippen LogP contribution in [0.3, 0.4) is 0 Å². The predicted octanol–water partition coefficient (Wildman–Crippen LogP) is 3.40. The highest BCUT2D eigenvalue weighted by Crippen LogP contribution is 2.23. The van der Waals surface area contributed by atoms with Crippen LogP contribution < -0.4 is 5.56 Å². The smallest absolute Gasteiger partial charge is 0.252 e. The fraction of sp³-hybridized carbons (Fsp3) is 0.348. The van der Waals surface area contributed by atoms with Crippen molar-refractivity contribution in [3.63, 3.8) is 0 Å². The summed E-state index contributed by atoms with van der Waals surface area (Å²) in [7, 11) is -3.91. The minimum absolute atomic E-state index is 0.0648. The number of aryl methyl sites for hydroxylation is 2. The van der Waals surface area contributed by atoms with E-state index in [1.54, 1.807) is 6.07 Å². The van der Waals surface area contributed by atoms with Crippen molar-refractivity contribution in [2.45, 2.75) is 31.4 Å². The molecule has 9 heteroatoms. The molecular formula is C23H25ClN2O5S. The maximum atomic E-state index is 13.5. The van der Waals surface area contributed by atoms with E-state index in [0.29, 0.717) is 30.4 Å². The molecule has 0 saturated carbocycles. The van der Waals surface area contributed by atoms with Gasteiger partial charge < -0.3 is 14.5 Å². The second-order valence-corrected chi connectivity index (χ2v) is 10.3. The highest BCUT2D eigenvalue weighted by molar-refractivity contribution is 7.89. The van der Waals surface area contributed by atoms with Crippen molar-refractivity contribution < 1.29 is 17.9 Å². The van der Waals surface area contributed by atoms with Crippen LogP contribution in [0.2, 0.25) is 5.02 Å². The van der Waals surface area contributed by atoms with Crippen molar-refractivity contribution in [2.75, 3.05) is 26.4 Å². The molecule has 1 fully saturated rings. The average molecular weight is 477 g/mol. The summed E-state index contributed by atoms with van der Waals surface area (Å²) in [6.45, 7) is 5.11. The number of aromatic nitrogens is 1. The Bertz CT molecular complexity index is 1280. The molecule has 1 aliphatic heterocycles. The monoisotopic (exact) mass is 476 g/mol. The zero-order valence-electron chi connectivity index (χ0n) is 17.9. The van der Waals surface area contributed by atoms with Crippen LogP contribution in [-0.4, -0.2) is 50.2 Å². The second kappa shape index (κ2) is 9.33. The first-order valence-electron chi connectivity index (χ1n) is 10.3. The summed E-state index contributed by atoms with van der Waals surface area (Å²) < 4.78 is 39.3. The Morgan fingerprint density at radius 2 is 1.81 bits per heavy atom. The second-order valence-electron chi connectivity index (χ2n) is 7.97. The lowest BCUT2D eigenvalue weighted by atomic mass is 10.0. The van der Waals surface area contributed by atoms with Crippen molar-refractivity contribution >= 4 is 32.5 Å². The first-order chi connectivity index (χ1) is 15.2. The number of H-pyrrole nitrogens is 1. The highest BCUT2D eigenvalue weighted by atomic mass is 35.5. The molecule has 0 radical (unpaired) electrons. The molecule has 2 heterocycles. The van der Waals surface area contributed by atoms with Crippen LogP contribution in [0.15, 0.2) is 52.2 Å². The van der Waals surface area contributed by atoms with Gasteiger partial charge in [-0.25, -0.2) is 8.42 Å². The van der Waals surface area contributed by atoms with Crippen molar-refractivity contribution in [2.24, 2.45) is 0 Å². The van der Waals surface area contributed by atoms with E-state index in [-0.39, 0.29) is 23.5 Å². The number of nitrogens with one attached hydrogen (secondary N) is 1. The van der Waals surface area contributed by atoms with E-state index in [1.165, 1.54) is 28.6 Å². The molecule has 1 unspecified atom stereocenters. The fourth-order valence-electron chi connectivity index (χ4n) is 3.70. The highest BCUT2D eigenvalue weighted by Gasteiger charge is 2.29. The van der Waals surface area contributed by atoms with Gasteiger partial charge in [0.05, 0.1) is 30.8 Å². The average Bonchev–Trinajstić information content (AvgIpc) is 2.76. The number of ether oxygens (including phenoxy) is 2. The van der Waals surface area contributed by atoms with Gasteiger partial charge in [-0.2, -0.15) is 4.31 Å². The van der Waals surface area contributed by atoms with E-state index in [9.17, 15) is 13.2 Å². The molecule has 4 rings (SSSR count). The Morgan fingerprint density at radius 1 is 1.09 bits per heavy atom. The number of halogens is 1. The molecule has 0 aliphatic carbocycles. The number of aromatic amines is 1. The summed E-state index contributed by atoms with van der Waals surface area (Å²) in [5.41, 5.74) is 2.92. The van der Waals surface area contributed by atoms with E-state index in [4.69, 9.17) is 21.1 Å². The van der Waals surface area contributed by atoms with Gasteiger partial charge in [0.25, 0.3) is 5.56 Å². The van der Waals surface area contributed by atoms with Crippen LogP contribution in [0.4, 0.5) is 0 Å². The quantitative estimate of drug-likeness (QED) is 0.589. The van der Waals surface area contributed by atoms with Gasteiger partial charge in [0.15, 0.2) is 0 Å². The molecule has 0 bridgehead atoms. The number of sulfonamides is 1. The zero-order valence-corrected chi connectivity index (χ0v) is 19.5. The van der Waals surface area contributed by atoms with E-state index in [1.807, 2.05) is 26.0 Å². The van der Waals surface area contributed by atoms with Gasteiger partial charge in [-0.15, -0.1) is 0 Å². The number of benzene rings is 2. The van der Waals surface area contributed by atoms with E-state index < -0.39 is 16.1 Å². The lowest BCUT2D eigenvalue weighted by Crippen LogP contribution is -2.43. The van der Waals surface area contributed by atoms with Gasteiger partial charge >= 0.3 is 0 Å². The number of hydrogen-bond acceptors (Lipinski definition) is 5. The fourth-order valence-corrected chi connectivity index (χ4v) is 5.28. The Morgan fingerprint density at radius 3 is 2.50 bits per heavy atom. The molecule has 170 valence electrons. The summed E-state index contributed by atoms with van der Waals surface area (Å²) >= 11 is 5.94. The summed E-state index contributed by atoms with van der Waals surface area (Å²) in [5.74, 6) is 0. The predicted molar refractivity (Wildman–Crippen MR) is 124 cm³/mol. The molecule has 3 aromatic rings. The summed E-state index contributed by atoms with van der Waals surface area (Å²) in [6.07, 6.45) is -0.421. The molecule has 1 aromatic heterocycles. The van der Waals surface area contributed by atoms with Crippen molar-refractivity contribution in [3.8, 4) is 0 Å². The molecule has 0 spiro atoms. The van der Waals surface area contributed by atoms with Crippen LogP contribution in [-0.2, 0) is 26.0 Å². The molecule has 1 N–H and O–H groups in total. The zero-order chi connectivity index (χ0) is 22.9. The Hall–Kier alpha value is -2.23. The Labute approximate surface area is 192 Å². The van der Waals surface area contributed by atoms with Crippen LogP contribution >= 0.6 is 11.6 Å². The normalized spacial score (nSPS) is 17.2. The van der Waals surface area contributed by atoms with Crippen LogP contribution in [0.5, 0.6) is 0 Å². The molecule has 2 aromatic carbocycles. The van der Waals surface area contributed by atoms with Gasteiger partial charge in [-0.3, -0.25) is 4.79 Å². The van der Waals surface area contributed by atoms with Gasteiger partial charge in [0.1, 0.15) is 0 Å². The van der Waals surface area contributed by atoms with Gasteiger partial charge in [0, 0.05) is 29.2 Å². The lowest BCUT2D eigenvalue weighted by molar-refractivity contribution is -0.0923. The summed E-state index contributed by atoms with van der Waals surface area (Å²) in [6, 6.07) is 11.6. The standard InChI is InChI=1S/C23H25ClN2O5S/c1-15-9-17-11-18(23(27)25-22(17)10-16(15)2)12-26(13-20-14-30-7-8-31-20)32(28,29)21-5-3-19(24)4-6-21/h3-6,9-11,20H,7-8,12-14H2,1-2H3,(H,25,27). The number of nitrogens with zero attached hydrogens (tertiary/aromatic N) is 1. The largest absolute Gasteiger partial charge is 0.376 e. The minimum Gasteiger partial charge on any atom is -0.376 e. The maximum absolute atomic E-state index is 13.5. The van der Waals surface area contributed by atoms with E-state index >= 15 is 0 Å². The third kappa shape index (κ3) is 4.89. The molecule has 0 amide bonds. The summed E-state index contributed by atoms with van der Waals surface area (Å²) in [4.78, 5) is 15.8. The topological polar surface area (TPSA) is 88.7 Å². The van der Waals surface area contributed by atoms with Gasteiger partial charge in [-0.05, 0) is 72.8 Å². The van der Waals surface area contributed by atoms with Crippen molar-refractivity contribution in [3.05, 3.63) is 74.5 Å². The van der Waals surface area contributed by atoms with Crippen LogP contribution in [0, 0.1) is 13.8 Å². The first-order valence-corrected chi connectivity index (χ1v) is 12.1. The number of rotatable bonds is 6. The molecule has 1 saturated heterocycles. The van der Waals surface area contributed by atoms with Crippen LogP contribution in [0.25, 0.3) is 10.9 Å². The SMILES string of the molecule is Cc1cc2cc(CN(CC3COCCO3)S(=O)(=O)c3ccc(Cl)cc3)c(=O)[nH]c2cc1C. The molecule has 1 atom stereocenters. The molecule has 1 aliphatic rings.